The standard InChI is InChI=1S/C14H12F2S4/c1-5-17-11-9(15)13(19-7-3)14(20-8-4)10(16)12(11)18-6-2/h5-8H,1-4H2. The minimum Gasteiger partial charge on any atom is -0.204 e. The molecular formula is C14H12F2S4. The molecule has 0 heterocycles. The maximum absolute atomic E-state index is 14.6. The van der Waals surface area contributed by atoms with Gasteiger partial charge in [-0.2, -0.15) is 0 Å². The van der Waals surface area contributed by atoms with E-state index in [9.17, 15) is 8.78 Å². The van der Waals surface area contributed by atoms with E-state index in [2.05, 4.69) is 26.3 Å². The third kappa shape index (κ3) is 3.75. The summed E-state index contributed by atoms with van der Waals surface area (Å²) in [4.78, 5) is 0.834. The Bertz CT molecular complexity index is 459. The SMILES string of the molecule is C=CSc1c(F)c(SC=C)c(SC=C)c(F)c1SC=C. The van der Waals surface area contributed by atoms with Crippen molar-refractivity contribution in [2.75, 3.05) is 0 Å². The summed E-state index contributed by atoms with van der Waals surface area (Å²) in [7, 11) is 0. The van der Waals surface area contributed by atoms with Gasteiger partial charge in [-0.05, 0) is 21.6 Å². The molecule has 0 saturated heterocycles. The van der Waals surface area contributed by atoms with Gasteiger partial charge in [0.1, 0.15) is 0 Å². The molecule has 0 fully saturated rings. The smallest absolute Gasteiger partial charge is 0.153 e. The molecule has 0 unspecified atom stereocenters. The van der Waals surface area contributed by atoms with Crippen LogP contribution in [0.5, 0.6) is 0 Å². The number of hydrogen-bond acceptors (Lipinski definition) is 4. The molecule has 1 rings (SSSR count). The normalized spacial score (nSPS) is 10.1. The Morgan fingerprint density at radius 1 is 0.550 bits per heavy atom. The first-order valence-electron chi connectivity index (χ1n) is 5.27. The number of thioether (sulfide) groups is 4. The van der Waals surface area contributed by atoms with Gasteiger partial charge in [0, 0.05) is 0 Å². The van der Waals surface area contributed by atoms with Crippen molar-refractivity contribution in [3.8, 4) is 0 Å². The van der Waals surface area contributed by atoms with Crippen LogP contribution in [0.15, 0.2) is 67.5 Å². The molecule has 106 valence electrons. The topological polar surface area (TPSA) is 0 Å². The fraction of sp³-hybridized carbons (Fsp3) is 0. The summed E-state index contributed by atoms with van der Waals surface area (Å²) in [5, 5.41) is 5.86. The molecule has 0 radical (unpaired) electrons. The summed E-state index contributed by atoms with van der Waals surface area (Å²) in [5.74, 6) is -0.954. The van der Waals surface area contributed by atoms with Crippen LogP contribution in [0.2, 0.25) is 0 Å². The van der Waals surface area contributed by atoms with E-state index in [1.54, 1.807) is 0 Å². The zero-order valence-corrected chi connectivity index (χ0v) is 13.8. The lowest BCUT2D eigenvalue weighted by Gasteiger charge is -2.15. The Morgan fingerprint density at radius 2 is 0.750 bits per heavy atom. The third-order valence-corrected chi connectivity index (χ3v) is 5.42. The first-order chi connectivity index (χ1) is 9.62. The fourth-order valence-corrected chi connectivity index (χ4v) is 4.34. The lowest BCUT2D eigenvalue weighted by atomic mass is 10.3. The number of benzene rings is 1. The largest absolute Gasteiger partial charge is 0.204 e. The Labute approximate surface area is 134 Å². The molecule has 0 spiro atoms. The lowest BCUT2D eigenvalue weighted by molar-refractivity contribution is 0.502. The highest BCUT2D eigenvalue weighted by Crippen LogP contribution is 2.46. The predicted molar refractivity (Wildman–Crippen MR) is 90.6 cm³/mol. The van der Waals surface area contributed by atoms with Crippen molar-refractivity contribution in [1.29, 1.82) is 0 Å². The molecular weight excluding hydrogens is 334 g/mol. The average Bonchev–Trinajstić information content (AvgIpc) is 2.44. The molecule has 0 bridgehead atoms. The molecule has 0 nitrogen and oxygen atoms in total. The van der Waals surface area contributed by atoms with Gasteiger partial charge in [0.25, 0.3) is 0 Å². The minimum absolute atomic E-state index is 0.208. The Kier molecular flexibility index (Phi) is 7.58. The molecule has 1 aromatic rings. The van der Waals surface area contributed by atoms with E-state index in [4.69, 9.17) is 0 Å². The quantitative estimate of drug-likeness (QED) is 0.469. The zero-order chi connectivity index (χ0) is 15.1. The first-order valence-corrected chi connectivity index (χ1v) is 8.79. The highest BCUT2D eigenvalue weighted by molar-refractivity contribution is 8.06. The Hall–Kier alpha value is -0.560. The Balaban J connectivity index is 3.66. The van der Waals surface area contributed by atoms with Gasteiger partial charge in [0.05, 0.1) is 19.6 Å². The lowest BCUT2D eigenvalue weighted by Crippen LogP contribution is -1.97. The number of hydrogen-bond donors (Lipinski definition) is 0. The van der Waals surface area contributed by atoms with Gasteiger partial charge in [-0.15, -0.1) is 0 Å². The molecule has 0 aliphatic carbocycles. The predicted octanol–water partition coefficient (Wildman–Crippen LogP) is 6.91. The van der Waals surface area contributed by atoms with Crippen LogP contribution in [0.4, 0.5) is 8.78 Å². The van der Waals surface area contributed by atoms with Crippen LogP contribution in [-0.4, -0.2) is 0 Å². The summed E-state index contributed by atoms with van der Waals surface area (Å²) < 4.78 is 29.2. The molecule has 0 amide bonds. The molecule has 0 aliphatic rings. The molecule has 0 aliphatic heterocycles. The molecule has 0 aromatic heterocycles. The van der Waals surface area contributed by atoms with Gasteiger partial charge < -0.3 is 0 Å². The average molecular weight is 347 g/mol. The van der Waals surface area contributed by atoms with Crippen LogP contribution in [-0.2, 0) is 0 Å². The van der Waals surface area contributed by atoms with E-state index in [1.807, 2.05) is 0 Å². The van der Waals surface area contributed by atoms with Crippen molar-refractivity contribution in [3.05, 3.63) is 59.6 Å². The summed E-state index contributed by atoms with van der Waals surface area (Å²) >= 11 is 4.19. The van der Waals surface area contributed by atoms with Crippen LogP contribution < -0.4 is 0 Å². The van der Waals surface area contributed by atoms with Crippen LogP contribution in [0.25, 0.3) is 0 Å². The maximum atomic E-state index is 14.6. The second-order valence-electron chi connectivity index (χ2n) is 3.08. The molecule has 6 heteroatoms. The van der Waals surface area contributed by atoms with Crippen molar-refractivity contribution in [2.45, 2.75) is 19.6 Å². The van der Waals surface area contributed by atoms with Gasteiger partial charge in [0.2, 0.25) is 0 Å². The highest BCUT2D eigenvalue weighted by atomic mass is 32.2. The van der Waals surface area contributed by atoms with E-state index >= 15 is 0 Å². The van der Waals surface area contributed by atoms with Crippen molar-refractivity contribution < 1.29 is 8.78 Å². The van der Waals surface area contributed by atoms with E-state index in [1.165, 1.54) is 21.6 Å². The molecule has 20 heavy (non-hydrogen) atoms. The van der Waals surface area contributed by atoms with Crippen molar-refractivity contribution >= 4 is 47.0 Å². The van der Waals surface area contributed by atoms with Crippen molar-refractivity contribution in [2.24, 2.45) is 0 Å². The molecule has 0 N–H and O–H groups in total. The minimum atomic E-state index is -0.477. The van der Waals surface area contributed by atoms with E-state index in [-0.39, 0.29) is 19.6 Å². The van der Waals surface area contributed by atoms with Gasteiger partial charge in [-0.3, -0.25) is 0 Å². The Morgan fingerprint density at radius 3 is 0.900 bits per heavy atom. The summed E-state index contributed by atoms with van der Waals surface area (Å²) in [5.41, 5.74) is 0. The van der Waals surface area contributed by atoms with Gasteiger partial charge in [-0.25, -0.2) is 8.78 Å². The second kappa shape index (κ2) is 8.67. The van der Waals surface area contributed by atoms with Crippen LogP contribution in [0.1, 0.15) is 0 Å². The zero-order valence-electron chi connectivity index (χ0n) is 10.5. The van der Waals surface area contributed by atoms with E-state index in [0.717, 1.165) is 47.0 Å². The summed E-state index contributed by atoms with van der Waals surface area (Å²) in [6, 6.07) is 0. The highest BCUT2D eigenvalue weighted by Gasteiger charge is 2.24. The summed E-state index contributed by atoms with van der Waals surface area (Å²) in [6.45, 7) is 14.2. The fourth-order valence-electron chi connectivity index (χ4n) is 1.36. The monoisotopic (exact) mass is 346 g/mol. The van der Waals surface area contributed by atoms with Crippen molar-refractivity contribution in [3.63, 3.8) is 0 Å². The van der Waals surface area contributed by atoms with Gasteiger partial charge in [-0.1, -0.05) is 73.4 Å². The van der Waals surface area contributed by atoms with Crippen LogP contribution in [0.3, 0.4) is 0 Å². The first kappa shape index (κ1) is 17.5. The van der Waals surface area contributed by atoms with Crippen molar-refractivity contribution in [1.82, 2.24) is 0 Å². The third-order valence-electron chi connectivity index (χ3n) is 2.01. The molecule has 0 saturated carbocycles. The van der Waals surface area contributed by atoms with Crippen LogP contribution >= 0.6 is 47.0 Å². The van der Waals surface area contributed by atoms with E-state index < -0.39 is 11.6 Å². The van der Waals surface area contributed by atoms with Crippen LogP contribution in [0, 0.1) is 11.6 Å². The second-order valence-corrected chi connectivity index (χ2v) is 6.99. The molecule has 1 aromatic carbocycles. The number of halogens is 2. The maximum Gasteiger partial charge on any atom is 0.153 e. The number of rotatable bonds is 8. The van der Waals surface area contributed by atoms with Gasteiger partial charge in [0.15, 0.2) is 11.6 Å². The van der Waals surface area contributed by atoms with E-state index in [0.29, 0.717) is 0 Å². The molecule has 0 atom stereocenters. The van der Waals surface area contributed by atoms with Gasteiger partial charge >= 0.3 is 0 Å². The summed E-state index contributed by atoms with van der Waals surface area (Å²) in [6.07, 6.45) is 0.